The molecule has 3 rings (SSSR count). The molecule has 1 saturated heterocycles. The number of carbonyl (C=O) groups is 2. The highest BCUT2D eigenvalue weighted by Crippen LogP contribution is 2.33. The molecule has 1 aliphatic rings. The lowest BCUT2D eigenvalue weighted by molar-refractivity contribution is -0.325. The van der Waals surface area contributed by atoms with Crippen LogP contribution < -0.4 is 10.1 Å². The number of rotatable bonds is 7. The number of hydrogen-bond donors (Lipinski definition) is 1. The third-order valence-electron chi connectivity index (χ3n) is 4.93. The molecule has 0 bridgehead atoms. The van der Waals surface area contributed by atoms with Gasteiger partial charge in [0.05, 0.1) is 6.61 Å². The predicted molar refractivity (Wildman–Crippen MR) is 119 cm³/mol. The minimum absolute atomic E-state index is 0.0232. The number of halogens is 4. The molecule has 1 fully saturated rings. The number of carbonyl (C=O) groups excluding carboxylic acids is 2. The van der Waals surface area contributed by atoms with Crippen LogP contribution >= 0.6 is 11.6 Å². The quantitative estimate of drug-likeness (QED) is 0.516. The second-order valence-electron chi connectivity index (χ2n) is 8.95. The molecule has 36 heavy (non-hydrogen) atoms. The summed E-state index contributed by atoms with van der Waals surface area (Å²) in [6, 6.07) is 5.30. The molecule has 2 heterocycles. The first-order valence-corrected chi connectivity index (χ1v) is 11.4. The normalized spacial score (nSPS) is 18.6. The molecule has 2 aromatic rings. The van der Waals surface area contributed by atoms with Crippen molar-refractivity contribution in [3.8, 4) is 6.08 Å². The van der Waals surface area contributed by atoms with E-state index in [-0.39, 0.29) is 24.4 Å². The van der Waals surface area contributed by atoms with Crippen molar-refractivity contribution in [2.45, 2.75) is 57.7 Å². The van der Waals surface area contributed by atoms with Crippen molar-refractivity contribution < 1.29 is 41.4 Å². The van der Waals surface area contributed by atoms with Gasteiger partial charge in [-0.3, -0.25) is 14.4 Å². The summed E-state index contributed by atoms with van der Waals surface area (Å²) in [5.41, 5.74) is -0.374. The smallest absolute Gasteiger partial charge is 0.447 e. The Kier molecular flexibility index (Phi) is 8.67. The summed E-state index contributed by atoms with van der Waals surface area (Å²) in [5, 5.41) is 11.0. The van der Waals surface area contributed by atoms with Crippen LogP contribution in [0, 0.1) is 0 Å². The Morgan fingerprint density at radius 2 is 1.83 bits per heavy atom. The maximum absolute atomic E-state index is 13.0. The van der Waals surface area contributed by atoms with Crippen molar-refractivity contribution in [1.29, 1.82) is 0 Å². The van der Waals surface area contributed by atoms with Crippen molar-refractivity contribution >= 4 is 23.6 Å². The van der Waals surface area contributed by atoms with Gasteiger partial charge in [-0.1, -0.05) is 16.7 Å². The van der Waals surface area contributed by atoms with E-state index in [4.69, 9.17) is 25.5 Å². The van der Waals surface area contributed by atoms with E-state index in [1.54, 1.807) is 45.0 Å². The lowest BCUT2D eigenvalue weighted by atomic mass is 9.98. The lowest BCUT2D eigenvalue weighted by Gasteiger charge is -2.38. The van der Waals surface area contributed by atoms with Gasteiger partial charge in [0.1, 0.15) is 18.2 Å². The lowest BCUT2D eigenvalue weighted by Crippen LogP contribution is -2.52. The number of amides is 2. The van der Waals surface area contributed by atoms with E-state index in [2.05, 4.69) is 20.3 Å². The molecule has 1 aliphatic heterocycles. The zero-order valence-electron chi connectivity index (χ0n) is 19.8. The molecule has 1 aromatic carbocycles. The fourth-order valence-electron chi connectivity index (χ4n) is 3.44. The van der Waals surface area contributed by atoms with Gasteiger partial charge in [0, 0.05) is 23.2 Å². The van der Waals surface area contributed by atoms with Gasteiger partial charge >= 0.3 is 18.5 Å². The molecular weight excluding hydrogens is 509 g/mol. The summed E-state index contributed by atoms with van der Waals surface area (Å²) in [6.07, 6.45) is -4.99. The first kappa shape index (κ1) is 27.5. The SMILES string of the molecule is CC(C)(C)OC(=O)N1CC(NC(=O)c2ccc(Cl)cc2)CCC1c1nnc(OCCOC(F)(F)F)o1. The number of hydrogen-bond acceptors (Lipinski definition) is 8. The van der Waals surface area contributed by atoms with Crippen LogP contribution in [0.5, 0.6) is 6.08 Å². The average Bonchev–Trinajstić information content (AvgIpc) is 3.24. The van der Waals surface area contributed by atoms with E-state index in [9.17, 15) is 22.8 Å². The van der Waals surface area contributed by atoms with Crippen LogP contribution in [0.1, 0.15) is 55.9 Å². The summed E-state index contributed by atoms with van der Waals surface area (Å²) in [6.45, 7) is 4.00. The number of aromatic nitrogens is 2. The van der Waals surface area contributed by atoms with Gasteiger partial charge in [-0.05, 0) is 57.9 Å². The van der Waals surface area contributed by atoms with Crippen molar-refractivity contribution in [3.05, 3.63) is 40.7 Å². The Morgan fingerprint density at radius 1 is 1.14 bits per heavy atom. The van der Waals surface area contributed by atoms with Gasteiger partial charge in [-0.2, -0.15) is 0 Å². The first-order chi connectivity index (χ1) is 16.8. The monoisotopic (exact) mass is 534 g/mol. The predicted octanol–water partition coefficient (Wildman–Crippen LogP) is 4.51. The highest BCUT2D eigenvalue weighted by Gasteiger charge is 2.39. The van der Waals surface area contributed by atoms with Crippen LogP contribution in [-0.2, 0) is 9.47 Å². The highest BCUT2D eigenvalue weighted by atomic mass is 35.5. The third kappa shape index (κ3) is 8.26. The van der Waals surface area contributed by atoms with E-state index in [0.717, 1.165) is 0 Å². The number of nitrogens with one attached hydrogen (secondary N) is 1. The summed E-state index contributed by atoms with van der Waals surface area (Å²) in [5.74, 6) is -0.302. The molecule has 2 unspecified atom stereocenters. The number of benzene rings is 1. The number of nitrogens with zero attached hydrogens (tertiary/aromatic N) is 3. The summed E-state index contributed by atoms with van der Waals surface area (Å²) in [7, 11) is 0. The van der Waals surface area contributed by atoms with Gasteiger partial charge in [-0.15, -0.1) is 18.3 Å². The second kappa shape index (κ2) is 11.3. The molecule has 0 saturated carbocycles. The Balaban J connectivity index is 1.68. The van der Waals surface area contributed by atoms with Gasteiger partial charge in [-0.25, -0.2) is 4.79 Å². The van der Waals surface area contributed by atoms with Crippen molar-refractivity contribution in [3.63, 3.8) is 0 Å². The molecule has 10 nitrogen and oxygen atoms in total. The van der Waals surface area contributed by atoms with E-state index >= 15 is 0 Å². The van der Waals surface area contributed by atoms with Crippen molar-refractivity contribution in [2.24, 2.45) is 0 Å². The molecule has 1 N–H and O–H groups in total. The Morgan fingerprint density at radius 3 is 2.47 bits per heavy atom. The Bertz CT molecular complexity index is 1040. The fourth-order valence-corrected chi connectivity index (χ4v) is 3.56. The van der Waals surface area contributed by atoms with Crippen LogP contribution in [0.3, 0.4) is 0 Å². The Hall–Kier alpha value is -3.06. The number of likely N-dealkylation sites (tertiary alicyclic amines) is 1. The van der Waals surface area contributed by atoms with Crippen LogP contribution in [0.2, 0.25) is 5.02 Å². The van der Waals surface area contributed by atoms with E-state index in [0.29, 0.717) is 23.4 Å². The molecule has 0 spiro atoms. The van der Waals surface area contributed by atoms with Crippen LogP contribution in [0.15, 0.2) is 28.7 Å². The molecule has 0 radical (unpaired) electrons. The molecule has 14 heteroatoms. The van der Waals surface area contributed by atoms with Crippen LogP contribution in [-0.4, -0.2) is 64.9 Å². The standard InChI is InChI=1S/C22H26ClF3N4O6/c1-21(2,3)36-20(32)30-12-15(27-17(31)13-4-6-14(23)7-5-13)8-9-16(30)18-28-29-19(35-18)33-10-11-34-22(24,25)26/h4-7,15-16H,8-12H2,1-3H3,(H,27,31). The maximum atomic E-state index is 13.0. The molecule has 2 atom stereocenters. The zero-order chi connectivity index (χ0) is 26.5. The summed E-state index contributed by atoms with van der Waals surface area (Å²) >= 11 is 5.87. The van der Waals surface area contributed by atoms with Gasteiger partial charge < -0.3 is 19.2 Å². The number of piperidine rings is 1. The minimum atomic E-state index is -4.78. The van der Waals surface area contributed by atoms with Gasteiger partial charge in [0.2, 0.25) is 5.89 Å². The maximum Gasteiger partial charge on any atom is 0.522 e. The van der Waals surface area contributed by atoms with Gasteiger partial charge in [0.25, 0.3) is 5.91 Å². The molecule has 0 aliphatic carbocycles. The molecular formula is C22H26ClF3N4O6. The van der Waals surface area contributed by atoms with Crippen LogP contribution in [0.4, 0.5) is 18.0 Å². The second-order valence-corrected chi connectivity index (χ2v) is 9.39. The minimum Gasteiger partial charge on any atom is -0.447 e. The third-order valence-corrected chi connectivity index (χ3v) is 5.19. The zero-order valence-corrected chi connectivity index (χ0v) is 20.6. The van der Waals surface area contributed by atoms with Crippen LogP contribution in [0.25, 0.3) is 0 Å². The first-order valence-electron chi connectivity index (χ1n) is 11.0. The van der Waals surface area contributed by atoms with Crippen molar-refractivity contribution in [1.82, 2.24) is 20.4 Å². The summed E-state index contributed by atoms with van der Waals surface area (Å²) in [4.78, 5) is 27.0. The largest absolute Gasteiger partial charge is 0.522 e. The topological polar surface area (TPSA) is 116 Å². The number of alkyl halides is 3. The highest BCUT2D eigenvalue weighted by molar-refractivity contribution is 6.30. The average molecular weight is 535 g/mol. The summed E-state index contributed by atoms with van der Waals surface area (Å²) < 4.78 is 55.8. The fraction of sp³-hybridized carbons (Fsp3) is 0.545. The Labute approximate surface area is 210 Å². The molecule has 2 amide bonds. The molecule has 198 valence electrons. The van der Waals surface area contributed by atoms with Crippen molar-refractivity contribution in [2.75, 3.05) is 19.8 Å². The van der Waals surface area contributed by atoms with Gasteiger partial charge in [0.15, 0.2) is 0 Å². The number of ether oxygens (including phenoxy) is 3. The molecule has 1 aromatic heterocycles. The van der Waals surface area contributed by atoms with E-state index in [1.165, 1.54) is 4.90 Å². The van der Waals surface area contributed by atoms with E-state index < -0.39 is 43.4 Å². The van der Waals surface area contributed by atoms with E-state index in [1.807, 2.05) is 0 Å².